The summed E-state index contributed by atoms with van der Waals surface area (Å²) >= 11 is 1.65. The van der Waals surface area contributed by atoms with Crippen LogP contribution in [0.2, 0.25) is 0 Å². The van der Waals surface area contributed by atoms with Gasteiger partial charge in [0.2, 0.25) is 0 Å². The molecule has 1 heterocycles. The molecule has 8 heavy (non-hydrogen) atoms. The van der Waals surface area contributed by atoms with E-state index in [1.54, 1.807) is 11.3 Å². The van der Waals surface area contributed by atoms with E-state index in [1.807, 2.05) is 13.8 Å². The maximum Gasteiger partial charge on any atom is 0.0900 e. The molecule has 1 nitrogen and oxygen atoms in total. The van der Waals surface area contributed by atoms with Crippen LogP contribution < -0.4 is 0 Å². The van der Waals surface area contributed by atoms with E-state index in [0.29, 0.717) is 0 Å². The third-order valence-electron chi connectivity index (χ3n) is 1.000. The van der Waals surface area contributed by atoms with E-state index in [9.17, 15) is 0 Å². The average molecular weight is 126 g/mol. The standard InChI is InChI=1S/C6H8NS/c1-4-5(2)8-6(3)7-4/h2H2,1,3H3. The van der Waals surface area contributed by atoms with E-state index in [2.05, 4.69) is 11.9 Å². The average Bonchev–Trinajstić information content (AvgIpc) is 1.85. The van der Waals surface area contributed by atoms with Gasteiger partial charge in [-0.15, -0.1) is 11.3 Å². The topological polar surface area (TPSA) is 12.9 Å². The van der Waals surface area contributed by atoms with Crippen molar-refractivity contribution >= 4 is 11.3 Å². The van der Waals surface area contributed by atoms with Gasteiger partial charge in [-0.3, -0.25) is 0 Å². The Hall–Kier alpha value is -0.370. The maximum atomic E-state index is 4.17. The molecule has 0 unspecified atom stereocenters. The largest absolute Gasteiger partial charge is 0.247 e. The van der Waals surface area contributed by atoms with Crippen LogP contribution in [0.1, 0.15) is 15.6 Å². The van der Waals surface area contributed by atoms with Crippen LogP contribution in [-0.4, -0.2) is 4.98 Å². The minimum Gasteiger partial charge on any atom is -0.247 e. The lowest BCUT2D eigenvalue weighted by Crippen LogP contribution is -1.71. The van der Waals surface area contributed by atoms with Gasteiger partial charge in [0, 0.05) is 4.88 Å². The van der Waals surface area contributed by atoms with Gasteiger partial charge >= 0.3 is 0 Å². The Balaban J connectivity index is 3.14. The number of hydrogen-bond donors (Lipinski definition) is 0. The smallest absolute Gasteiger partial charge is 0.0900 e. The van der Waals surface area contributed by atoms with Crippen LogP contribution in [0.5, 0.6) is 0 Å². The van der Waals surface area contributed by atoms with Crippen LogP contribution in [0.15, 0.2) is 0 Å². The first kappa shape index (κ1) is 5.76. The van der Waals surface area contributed by atoms with E-state index >= 15 is 0 Å². The maximum absolute atomic E-state index is 4.17. The minimum atomic E-state index is 1.06. The first-order valence-corrected chi connectivity index (χ1v) is 3.28. The predicted octanol–water partition coefficient (Wildman–Crippen LogP) is 1.94. The van der Waals surface area contributed by atoms with E-state index in [4.69, 9.17) is 0 Å². The summed E-state index contributed by atoms with van der Waals surface area (Å²) in [5, 5.41) is 1.10. The van der Waals surface area contributed by atoms with Crippen molar-refractivity contribution in [2.45, 2.75) is 13.8 Å². The number of aromatic nitrogens is 1. The van der Waals surface area contributed by atoms with E-state index in [-0.39, 0.29) is 0 Å². The van der Waals surface area contributed by atoms with Crippen molar-refractivity contribution in [1.29, 1.82) is 0 Å². The highest BCUT2D eigenvalue weighted by Crippen LogP contribution is 2.14. The summed E-state index contributed by atoms with van der Waals surface area (Å²) in [7, 11) is 0. The van der Waals surface area contributed by atoms with Crippen molar-refractivity contribution in [3.63, 3.8) is 0 Å². The van der Waals surface area contributed by atoms with Gasteiger partial charge in [0.15, 0.2) is 0 Å². The lowest BCUT2D eigenvalue weighted by molar-refractivity contribution is 1.19. The summed E-state index contributed by atoms with van der Waals surface area (Å²) in [6.45, 7) is 7.77. The summed E-state index contributed by atoms with van der Waals surface area (Å²) in [5.41, 5.74) is 1.06. The fraction of sp³-hybridized carbons (Fsp3) is 0.333. The second-order valence-corrected chi connectivity index (χ2v) is 3.03. The molecule has 0 aliphatic carbocycles. The molecule has 1 aromatic rings. The van der Waals surface area contributed by atoms with Crippen molar-refractivity contribution in [1.82, 2.24) is 4.98 Å². The van der Waals surface area contributed by atoms with Crippen molar-refractivity contribution < 1.29 is 0 Å². The van der Waals surface area contributed by atoms with E-state index in [0.717, 1.165) is 15.6 Å². The van der Waals surface area contributed by atoms with Crippen LogP contribution >= 0.6 is 11.3 Å². The molecule has 1 rings (SSSR count). The van der Waals surface area contributed by atoms with Crippen molar-refractivity contribution in [2.75, 3.05) is 0 Å². The van der Waals surface area contributed by atoms with Crippen LogP contribution in [-0.2, 0) is 0 Å². The van der Waals surface area contributed by atoms with Gasteiger partial charge in [0.05, 0.1) is 10.7 Å². The van der Waals surface area contributed by atoms with Crippen LogP contribution in [0, 0.1) is 20.8 Å². The Morgan fingerprint density at radius 2 is 2.12 bits per heavy atom. The second-order valence-electron chi connectivity index (χ2n) is 1.74. The van der Waals surface area contributed by atoms with Gasteiger partial charge in [-0.1, -0.05) is 0 Å². The zero-order valence-electron chi connectivity index (χ0n) is 5.06. The number of aryl methyl sites for hydroxylation is 2. The quantitative estimate of drug-likeness (QED) is 0.517. The Labute approximate surface area is 53.4 Å². The Morgan fingerprint density at radius 1 is 1.50 bits per heavy atom. The van der Waals surface area contributed by atoms with E-state index < -0.39 is 0 Å². The second kappa shape index (κ2) is 1.86. The molecule has 0 fully saturated rings. The highest BCUT2D eigenvalue weighted by Gasteiger charge is 1.95. The molecular weight excluding hydrogens is 118 g/mol. The van der Waals surface area contributed by atoms with Gasteiger partial charge in [0.1, 0.15) is 0 Å². The van der Waals surface area contributed by atoms with Crippen molar-refractivity contribution in [3.05, 3.63) is 22.5 Å². The summed E-state index contributed by atoms with van der Waals surface area (Å²) < 4.78 is 0. The molecular formula is C6H8NS. The van der Waals surface area contributed by atoms with Gasteiger partial charge in [-0.2, -0.15) is 0 Å². The summed E-state index contributed by atoms with van der Waals surface area (Å²) in [6, 6.07) is 0. The molecule has 0 bridgehead atoms. The molecule has 0 aliphatic rings. The molecule has 0 saturated carbocycles. The highest BCUT2D eigenvalue weighted by atomic mass is 32.1. The molecule has 0 N–H and O–H groups in total. The fourth-order valence-corrected chi connectivity index (χ4v) is 1.31. The van der Waals surface area contributed by atoms with Gasteiger partial charge in [-0.25, -0.2) is 4.98 Å². The Morgan fingerprint density at radius 3 is 2.25 bits per heavy atom. The Kier molecular flexibility index (Phi) is 1.34. The third-order valence-corrected chi connectivity index (χ3v) is 1.93. The molecule has 0 aromatic carbocycles. The summed E-state index contributed by atoms with van der Waals surface area (Å²) in [6.07, 6.45) is 0. The third kappa shape index (κ3) is 0.892. The number of rotatable bonds is 0. The predicted molar refractivity (Wildman–Crippen MR) is 36.0 cm³/mol. The molecule has 43 valence electrons. The number of thiazole rings is 1. The van der Waals surface area contributed by atoms with Crippen molar-refractivity contribution in [2.24, 2.45) is 0 Å². The lowest BCUT2D eigenvalue weighted by atomic mass is 10.4. The fourth-order valence-electron chi connectivity index (χ4n) is 0.573. The Bertz CT molecular complexity index is 171. The number of nitrogens with zero attached hydrogens (tertiary/aromatic N) is 1. The zero-order valence-corrected chi connectivity index (χ0v) is 5.88. The molecule has 1 aromatic heterocycles. The molecule has 2 heteroatoms. The van der Waals surface area contributed by atoms with Gasteiger partial charge in [-0.05, 0) is 20.8 Å². The lowest BCUT2D eigenvalue weighted by Gasteiger charge is -1.77. The molecule has 0 saturated heterocycles. The van der Waals surface area contributed by atoms with Crippen LogP contribution in [0.25, 0.3) is 0 Å². The van der Waals surface area contributed by atoms with E-state index in [1.165, 1.54) is 0 Å². The molecule has 0 amide bonds. The first-order chi connectivity index (χ1) is 3.70. The normalized spacial score (nSPS) is 9.88. The monoisotopic (exact) mass is 126 g/mol. The van der Waals surface area contributed by atoms with Gasteiger partial charge < -0.3 is 0 Å². The summed E-state index contributed by atoms with van der Waals surface area (Å²) in [4.78, 5) is 5.25. The minimum absolute atomic E-state index is 1.06. The first-order valence-electron chi connectivity index (χ1n) is 2.46. The zero-order chi connectivity index (χ0) is 6.15. The van der Waals surface area contributed by atoms with Gasteiger partial charge in [0.25, 0.3) is 0 Å². The molecule has 0 aliphatic heterocycles. The highest BCUT2D eigenvalue weighted by molar-refractivity contribution is 7.11. The van der Waals surface area contributed by atoms with Crippen LogP contribution in [0.4, 0.5) is 0 Å². The molecule has 0 atom stereocenters. The van der Waals surface area contributed by atoms with Crippen molar-refractivity contribution in [3.8, 4) is 0 Å². The molecule has 0 spiro atoms. The molecule has 1 radical (unpaired) electrons. The SMILES string of the molecule is [CH2]c1sc(C)nc1C. The van der Waals surface area contributed by atoms with Crippen LogP contribution in [0.3, 0.4) is 0 Å². The number of hydrogen-bond acceptors (Lipinski definition) is 2. The summed E-state index contributed by atoms with van der Waals surface area (Å²) in [5.74, 6) is 0.